The van der Waals surface area contributed by atoms with Gasteiger partial charge in [-0.05, 0) is 34.9 Å². The maximum atomic E-state index is 12.2. The Morgan fingerprint density at radius 3 is 2.62 bits per heavy atom. The Labute approximate surface area is 128 Å². The van der Waals surface area contributed by atoms with E-state index in [1.54, 1.807) is 11.8 Å². The van der Waals surface area contributed by atoms with Gasteiger partial charge in [-0.1, -0.05) is 30.3 Å². The van der Waals surface area contributed by atoms with Crippen molar-refractivity contribution in [1.29, 1.82) is 0 Å². The van der Waals surface area contributed by atoms with Crippen LogP contribution in [0.15, 0.2) is 47.2 Å². The van der Waals surface area contributed by atoms with E-state index in [0.717, 1.165) is 11.1 Å². The van der Waals surface area contributed by atoms with Gasteiger partial charge in [0.1, 0.15) is 0 Å². The van der Waals surface area contributed by atoms with Gasteiger partial charge in [-0.2, -0.15) is 11.3 Å². The molecule has 2 aromatic rings. The van der Waals surface area contributed by atoms with Crippen molar-refractivity contribution >= 4 is 17.2 Å². The molecule has 5 heteroatoms. The zero-order chi connectivity index (χ0) is 15.2. The van der Waals surface area contributed by atoms with Crippen LogP contribution in [0.3, 0.4) is 0 Å². The second-order valence-corrected chi connectivity index (χ2v) is 5.85. The molecule has 0 aliphatic rings. The van der Waals surface area contributed by atoms with Gasteiger partial charge < -0.3 is 15.7 Å². The van der Waals surface area contributed by atoms with Crippen LogP contribution in [-0.4, -0.2) is 28.5 Å². The Bertz CT molecular complexity index is 555. The van der Waals surface area contributed by atoms with Crippen LogP contribution in [0.1, 0.15) is 24.2 Å². The minimum Gasteiger partial charge on any atom is -0.387 e. The van der Waals surface area contributed by atoms with Crippen LogP contribution in [-0.2, 0) is 11.3 Å². The van der Waals surface area contributed by atoms with E-state index in [2.05, 4.69) is 0 Å². The normalized spacial score (nSPS) is 13.7. The second-order valence-electron chi connectivity index (χ2n) is 5.07. The molecule has 3 N–H and O–H groups in total. The largest absolute Gasteiger partial charge is 0.387 e. The highest BCUT2D eigenvalue weighted by Gasteiger charge is 2.21. The molecule has 0 saturated heterocycles. The monoisotopic (exact) mass is 304 g/mol. The lowest BCUT2D eigenvalue weighted by molar-refractivity contribution is -0.134. The summed E-state index contributed by atoms with van der Waals surface area (Å²) in [5.74, 6) is -0.159. The van der Waals surface area contributed by atoms with Gasteiger partial charge in [0.2, 0.25) is 5.91 Å². The molecule has 0 saturated carbocycles. The minimum atomic E-state index is -0.692. The van der Waals surface area contributed by atoms with Crippen molar-refractivity contribution < 1.29 is 9.90 Å². The number of aliphatic hydroxyl groups is 1. The summed E-state index contributed by atoms with van der Waals surface area (Å²) in [6, 6.07) is 11.0. The summed E-state index contributed by atoms with van der Waals surface area (Å²) in [6.07, 6.45) is -0.692. The van der Waals surface area contributed by atoms with E-state index in [1.807, 2.05) is 47.2 Å². The fraction of sp³-hybridized carbons (Fsp3) is 0.312. The Balaban J connectivity index is 2.10. The summed E-state index contributed by atoms with van der Waals surface area (Å²) in [5, 5.41) is 14.1. The number of thiophene rings is 1. The van der Waals surface area contributed by atoms with Crippen LogP contribution < -0.4 is 5.73 Å². The quantitative estimate of drug-likeness (QED) is 0.859. The summed E-state index contributed by atoms with van der Waals surface area (Å²) in [4.78, 5) is 13.9. The van der Waals surface area contributed by atoms with E-state index in [9.17, 15) is 9.90 Å². The highest BCUT2D eigenvalue weighted by atomic mass is 32.1. The zero-order valence-electron chi connectivity index (χ0n) is 12.0. The van der Waals surface area contributed by atoms with E-state index in [4.69, 9.17) is 5.73 Å². The van der Waals surface area contributed by atoms with Gasteiger partial charge in [-0.3, -0.25) is 4.79 Å². The lowest BCUT2D eigenvalue weighted by atomic mass is 10.1. The third kappa shape index (κ3) is 4.39. The number of carbonyl (C=O) groups excluding carboxylic acids is 1. The molecule has 1 aromatic heterocycles. The molecule has 1 unspecified atom stereocenters. The van der Waals surface area contributed by atoms with E-state index in [0.29, 0.717) is 6.54 Å². The van der Waals surface area contributed by atoms with Gasteiger partial charge >= 0.3 is 0 Å². The number of aliphatic hydroxyl groups excluding tert-OH is 1. The van der Waals surface area contributed by atoms with E-state index < -0.39 is 12.1 Å². The van der Waals surface area contributed by atoms with Gasteiger partial charge in [0.15, 0.2) is 0 Å². The van der Waals surface area contributed by atoms with Crippen molar-refractivity contribution in [2.45, 2.75) is 25.6 Å². The maximum absolute atomic E-state index is 12.2. The van der Waals surface area contributed by atoms with E-state index in [1.165, 1.54) is 11.3 Å². The number of carbonyl (C=O) groups is 1. The van der Waals surface area contributed by atoms with Crippen LogP contribution in [0.2, 0.25) is 0 Å². The highest BCUT2D eigenvalue weighted by molar-refractivity contribution is 7.07. The van der Waals surface area contributed by atoms with Crippen LogP contribution in [0.5, 0.6) is 0 Å². The first-order valence-electron chi connectivity index (χ1n) is 6.86. The molecule has 0 radical (unpaired) electrons. The Morgan fingerprint density at radius 1 is 1.33 bits per heavy atom. The fourth-order valence-electron chi connectivity index (χ4n) is 2.10. The molecule has 0 spiro atoms. The Hall–Kier alpha value is -1.69. The molecule has 0 aliphatic carbocycles. The minimum absolute atomic E-state index is 0.159. The molecule has 0 fully saturated rings. The lowest BCUT2D eigenvalue weighted by Crippen LogP contribution is -2.43. The van der Waals surface area contributed by atoms with Crippen LogP contribution in [0, 0.1) is 0 Å². The van der Waals surface area contributed by atoms with Crippen molar-refractivity contribution in [3.63, 3.8) is 0 Å². The maximum Gasteiger partial charge on any atom is 0.239 e. The molecule has 1 amide bonds. The molecule has 0 aliphatic heterocycles. The summed E-state index contributed by atoms with van der Waals surface area (Å²) in [6.45, 7) is 2.35. The molecule has 21 heavy (non-hydrogen) atoms. The van der Waals surface area contributed by atoms with Crippen LogP contribution in [0.25, 0.3) is 0 Å². The van der Waals surface area contributed by atoms with E-state index in [-0.39, 0.29) is 12.5 Å². The number of hydrogen-bond acceptors (Lipinski definition) is 4. The zero-order valence-corrected chi connectivity index (χ0v) is 12.8. The number of hydrogen-bond donors (Lipinski definition) is 2. The van der Waals surface area contributed by atoms with Crippen LogP contribution >= 0.6 is 11.3 Å². The number of nitrogens with two attached hydrogens (primary N) is 1. The Morgan fingerprint density at radius 2 is 2.05 bits per heavy atom. The molecule has 4 nitrogen and oxygen atoms in total. The van der Waals surface area contributed by atoms with E-state index >= 15 is 0 Å². The standard InChI is InChI=1S/C16H20N2O2S/c1-12(17)16(20)18(9-13-5-3-2-4-6-13)10-15(19)14-7-8-21-11-14/h2-8,11-12,15,19H,9-10,17H2,1H3/t12-,15?/m0/s1. The van der Waals surface area contributed by atoms with Crippen molar-refractivity contribution in [3.8, 4) is 0 Å². The fourth-order valence-corrected chi connectivity index (χ4v) is 2.81. The number of benzene rings is 1. The van der Waals surface area contributed by atoms with Crippen molar-refractivity contribution in [3.05, 3.63) is 58.3 Å². The third-order valence-corrected chi connectivity index (χ3v) is 3.94. The third-order valence-electron chi connectivity index (χ3n) is 3.24. The summed E-state index contributed by atoms with van der Waals surface area (Å²) in [7, 11) is 0. The first kappa shape index (κ1) is 15.7. The second kappa shape index (κ2) is 7.36. The number of rotatable bonds is 6. The predicted octanol–water partition coefficient (Wildman–Crippen LogP) is 2.16. The van der Waals surface area contributed by atoms with Gasteiger partial charge in [0.05, 0.1) is 18.7 Å². The summed E-state index contributed by atoms with van der Waals surface area (Å²) < 4.78 is 0. The molecule has 2 rings (SSSR count). The summed E-state index contributed by atoms with van der Waals surface area (Å²) in [5.41, 5.74) is 7.56. The number of amides is 1. The van der Waals surface area contributed by atoms with Crippen LogP contribution in [0.4, 0.5) is 0 Å². The van der Waals surface area contributed by atoms with Gasteiger partial charge in [-0.15, -0.1) is 0 Å². The van der Waals surface area contributed by atoms with Crippen molar-refractivity contribution in [1.82, 2.24) is 4.90 Å². The van der Waals surface area contributed by atoms with Gasteiger partial charge in [-0.25, -0.2) is 0 Å². The predicted molar refractivity (Wildman–Crippen MR) is 84.8 cm³/mol. The van der Waals surface area contributed by atoms with Crippen molar-refractivity contribution in [2.24, 2.45) is 5.73 Å². The highest BCUT2D eigenvalue weighted by Crippen LogP contribution is 2.19. The number of nitrogens with zero attached hydrogens (tertiary/aromatic N) is 1. The summed E-state index contributed by atoms with van der Waals surface area (Å²) >= 11 is 1.53. The molecule has 0 bridgehead atoms. The average molecular weight is 304 g/mol. The molecular weight excluding hydrogens is 284 g/mol. The first-order valence-corrected chi connectivity index (χ1v) is 7.80. The molecule has 2 atom stereocenters. The van der Waals surface area contributed by atoms with Gasteiger partial charge in [0, 0.05) is 6.54 Å². The lowest BCUT2D eigenvalue weighted by Gasteiger charge is -2.27. The first-order chi connectivity index (χ1) is 10.1. The molecule has 1 heterocycles. The topological polar surface area (TPSA) is 66.6 Å². The molecule has 1 aromatic carbocycles. The average Bonchev–Trinajstić information content (AvgIpc) is 3.01. The van der Waals surface area contributed by atoms with Crippen molar-refractivity contribution in [2.75, 3.05) is 6.54 Å². The molecular formula is C16H20N2O2S. The van der Waals surface area contributed by atoms with Gasteiger partial charge in [0.25, 0.3) is 0 Å². The smallest absolute Gasteiger partial charge is 0.239 e. The SMILES string of the molecule is C[C@H](N)C(=O)N(Cc1ccccc1)CC(O)c1ccsc1. The Kier molecular flexibility index (Phi) is 5.50. The molecule has 112 valence electrons.